The van der Waals surface area contributed by atoms with E-state index in [4.69, 9.17) is 21.0 Å². The first-order valence-electron chi connectivity index (χ1n) is 7.38. The average Bonchev–Trinajstić information content (AvgIpc) is 2.59. The summed E-state index contributed by atoms with van der Waals surface area (Å²) >= 11 is 0. The maximum absolute atomic E-state index is 11.7. The van der Waals surface area contributed by atoms with E-state index >= 15 is 0 Å². The first kappa shape index (κ1) is 18.5. The van der Waals surface area contributed by atoms with Crippen LogP contribution in [0, 0.1) is 45.3 Å². The topological polar surface area (TPSA) is 112 Å². The molecule has 0 fully saturated rings. The number of carbonyl (C=O) groups excluding carboxylic acids is 1. The van der Waals surface area contributed by atoms with Gasteiger partial charge >= 0.3 is 0 Å². The molecule has 0 saturated heterocycles. The second-order valence-corrected chi connectivity index (χ2v) is 13.7. The average molecular weight is 328 g/mol. The normalized spacial score (nSPS) is 22.0. The molecule has 0 unspecified atom stereocenters. The van der Waals surface area contributed by atoms with Crippen LogP contribution >= 0.6 is 8.29 Å². The summed E-state index contributed by atoms with van der Waals surface area (Å²) < 4.78 is 0. The van der Waals surface area contributed by atoms with Gasteiger partial charge in [-0.05, 0) is 35.2 Å². The van der Waals surface area contributed by atoms with E-state index in [1.807, 2.05) is 10.8 Å². The van der Waals surface area contributed by atoms with Crippen molar-refractivity contribution in [1.82, 2.24) is 0 Å². The Morgan fingerprint density at radius 3 is 1.26 bits per heavy atom. The van der Waals surface area contributed by atoms with Crippen molar-refractivity contribution in [2.24, 2.45) is 0 Å². The van der Waals surface area contributed by atoms with E-state index in [1.165, 1.54) is 12.2 Å². The van der Waals surface area contributed by atoms with Crippen LogP contribution in [-0.2, 0) is 4.79 Å². The minimum atomic E-state index is -3.33. The Morgan fingerprint density at radius 1 is 0.696 bits per heavy atom. The highest BCUT2D eigenvalue weighted by Gasteiger charge is 2.56. The van der Waals surface area contributed by atoms with Crippen molar-refractivity contribution < 1.29 is 4.79 Å². The first-order valence-corrected chi connectivity index (χ1v) is 10.6. The van der Waals surface area contributed by atoms with Gasteiger partial charge < -0.3 is 0 Å². The summed E-state index contributed by atoms with van der Waals surface area (Å²) in [4.78, 5) is 11.7. The predicted molar refractivity (Wildman–Crippen MR) is 91.3 cm³/mol. The van der Waals surface area contributed by atoms with Gasteiger partial charge in [0.1, 0.15) is 0 Å². The first-order chi connectivity index (χ1) is 11.0. The number of hydrogen-bond acceptors (Lipinski definition) is 5. The smallest absolute Gasteiger partial charge is 0.179 e. The number of rotatable bonds is 8. The van der Waals surface area contributed by atoms with Crippen LogP contribution in [0.4, 0.5) is 0 Å². The van der Waals surface area contributed by atoms with Crippen LogP contribution in [0.5, 0.6) is 0 Å². The molecular formula is C17H20N4OS. The Bertz CT molecular complexity index is 612. The molecule has 0 aromatic carbocycles. The zero-order valence-corrected chi connectivity index (χ0v) is 13.9. The number of hydrogen-bond donors (Lipinski definition) is 0. The predicted octanol–water partition coefficient (Wildman–Crippen LogP) is 3.13. The highest BCUT2D eigenvalue weighted by molar-refractivity contribution is 8.68. The Hall–Kier alpha value is -2.54. The lowest BCUT2D eigenvalue weighted by molar-refractivity contribution is -0.110. The summed E-state index contributed by atoms with van der Waals surface area (Å²) in [5, 5.41) is 40.3. The molecule has 0 radical (unpaired) electrons. The molecule has 0 aliphatic carbocycles. The van der Waals surface area contributed by atoms with Crippen LogP contribution in [0.25, 0.3) is 0 Å². The Morgan fingerprint density at radius 2 is 1.00 bits per heavy atom. The van der Waals surface area contributed by atoms with Gasteiger partial charge in [-0.2, -0.15) is 21.0 Å². The Labute approximate surface area is 136 Å². The summed E-state index contributed by atoms with van der Waals surface area (Å²) in [6.45, 7) is 0. The van der Waals surface area contributed by atoms with Gasteiger partial charge in [0.2, 0.25) is 0 Å². The van der Waals surface area contributed by atoms with Crippen LogP contribution in [0.15, 0.2) is 23.0 Å². The van der Waals surface area contributed by atoms with E-state index in [0.29, 0.717) is 23.0 Å². The third-order valence-corrected chi connectivity index (χ3v) is 13.2. The molecule has 0 spiro atoms. The van der Waals surface area contributed by atoms with E-state index in [-0.39, 0.29) is 31.5 Å². The molecule has 5 nitrogen and oxygen atoms in total. The third kappa shape index (κ3) is 3.45. The Kier molecular flexibility index (Phi) is 5.39. The second kappa shape index (κ2) is 6.70. The summed E-state index contributed by atoms with van der Waals surface area (Å²) in [5.41, 5.74) is 0. The fourth-order valence-electron chi connectivity index (χ4n) is 3.38. The summed E-state index contributed by atoms with van der Waals surface area (Å²) in [5.74, 6) is 1.87. The van der Waals surface area contributed by atoms with Gasteiger partial charge in [-0.3, -0.25) is 4.79 Å². The molecule has 1 aliphatic heterocycles. The standard InChI is InChI=1S/C17H20N4OS/c18-7-1-11-23(12-2-8-19,13-3-9-20,14-4-10-21)15-5-17(22)6-16-23/h5-6,15-16H,1-4,11-14H2. The molecule has 6 heteroatoms. The minimum Gasteiger partial charge on any atom is -0.290 e. The molecule has 1 aliphatic rings. The lowest BCUT2D eigenvalue weighted by Crippen LogP contribution is -2.45. The van der Waals surface area contributed by atoms with Crippen molar-refractivity contribution in [3.8, 4) is 24.3 Å². The fourth-order valence-corrected chi connectivity index (χ4v) is 10.0. The van der Waals surface area contributed by atoms with E-state index in [1.54, 1.807) is 0 Å². The molecule has 0 amide bonds. The molecule has 0 aromatic rings. The molecule has 0 bridgehead atoms. The number of nitrogens with zero attached hydrogens (tertiary/aromatic N) is 4. The SMILES string of the molecule is N#CCCS1(CCC#N)(CCC#N)(CCC#N)C=CC(=O)C=C1. The van der Waals surface area contributed by atoms with Crippen molar-refractivity contribution in [2.45, 2.75) is 25.7 Å². The zero-order chi connectivity index (χ0) is 17.3. The number of carbonyl (C=O) groups is 1. The molecule has 0 atom stereocenters. The zero-order valence-electron chi connectivity index (χ0n) is 13.1. The highest BCUT2D eigenvalue weighted by Crippen LogP contribution is 2.92. The molecule has 0 saturated carbocycles. The van der Waals surface area contributed by atoms with Gasteiger partial charge in [0, 0.05) is 25.7 Å². The van der Waals surface area contributed by atoms with Gasteiger partial charge in [0.25, 0.3) is 0 Å². The lowest BCUT2D eigenvalue weighted by atomic mass is 10.4. The van der Waals surface area contributed by atoms with Crippen LogP contribution in [0.1, 0.15) is 25.7 Å². The van der Waals surface area contributed by atoms with Gasteiger partial charge in [-0.25, -0.2) is 8.29 Å². The van der Waals surface area contributed by atoms with Crippen molar-refractivity contribution in [3.05, 3.63) is 23.0 Å². The molecule has 0 aromatic heterocycles. The van der Waals surface area contributed by atoms with Crippen molar-refractivity contribution >= 4 is 14.1 Å². The maximum atomic E-state index is 11.7. The number of ketones is 1. The maximum Gasteiger partial charge on any atom is 0.179 e. The molecule has 1 rings (SSSR count). The van der Waals surface area contributed by atoms with E-state index in [2.05, 4.69) is 24.3 Å². The van der Waals surface area contributed by atoms with E-state index < -0.39 is 8.29 Å². The molecule has 120 valence electrons. The van der Waals surface area contributed by atoms with Gasteiger partial charge in [-0.15, -0.1) is 0 Å². The van der Waals surface area contributed by atoms with E-state index in [9.17, 15) is 4.79 Å². The molecule has 0 N–H and O–H groups in total. The quantitative estimate of drug-likeness (QED) is 0.679. The fraction of sp³-hybridized carbons (Fsp3) is 0.471. The lowest BCUT2D eigenvalue weighted by Gasteiger charge is -2.76. The van der Waals surface area contributed by atoms with Crippen LogP contribution < -0.4 is 0 Å². The third-order valence-electron chi connectivity index (χ3n) is 4.92. The van der Waals surface area contributed by atoms with Crippen LogP contribution in [0.2, 0.25) is 0 Å². The monoisotopic (exact) mass is 328 g/mol. The molecular weight excluding hydrogens is 308 g/mol. The van der Waals surface area contributed by atoms with Crippen LogP contribution in [0.3, 0.4) is 0 Å². The van der Waals surface area contributed by atoms with Crippen molar-refractivity contribution in [2.75, 3.05) is 23.0 Å². The van der Waals surface area contributed by atoms with Gasteiger partial charge in [-0.1, -0.05) is 10.8 Å². The number of nitriles is 4. The summed E-state index contributed by atoms with van der Waals surface area (Å²) in [6.07, 6.45) is 4.09. The van der Waals surface area contributed by atoms with Crippen molar-refractivity contribution in [3.63, 3.8) is 0 Å². The second-order valence-electron chi connectivity index (χ2n) is 6.15. The number of allylic oxidation sites excluding steroid dienone is 2. The summed E-state index contributed by atoms with van der Waals surface area (Å²) in [7, 11) is -3.33. The minimum absolute atomic E-state index is 0.135. The van der Waals surface area contributed by atoms with Gasteiger partial charge in [0.15, 0.2) is 5.78 Å². The largest absolute Gasteiger partial charge is 0.290 e. The van der Waals surface area contributed by atoms with Crippen molar-refractivity contribution in [1.29, 1.82) is 21.0 Å². The van der Waals surface area contributed by atoms with Crippen LogP contribution in [-0.4, -0.2) is 28.8 Å². The molecule has 1 heterocycles. The van der Waals surface area contributed by atoms with Gasteiger partial charge in [0.05, 0.1) is 24.3 Å². The summed E-state index contributed by atoms with van der Waals surface area (Å²) in [6, 6.07) is 8.63. The highest BCUT2D eigenvalue weighted by atomic mass is 32.4. The molecule has 23 heavy (non-hydrogen) atoms. The Balaban J connectivity index is 3.65. The van der Waals surface area contributed by atoms with E-state index in [0.717, 1.165) is 0 Å².